The van der Waals surface area contributed by atoms with Gasteiger partial charge in [0.2, 0.25) is 0 Å². The Kier molecular flexibility index (Phi) is 6.09. The molecule has 0 fully saturated rings. The number of hydrogen-bond donors (Lipinski definition) is 1. The van der Waals surface area contributed by atoms with E-state index in [9.17, 15) is 0 Å². The van der Waals surface area contributed by atoms with E-state index in [1.165, 1.54) is 10.6 Å². The first-order chi connectivity index (χ1) is 8.10. The minimum absolute atomic E-state index is 0.404. The van der Waals surface area contributed by atoms with Gasteiger partial charge in [-0.05, 0) is 32.7 Å². The van der Waals surface area contributed by atoms with Crippen LogP contribution in [0.15, 0.2) is 0 Å². The zero-order valence-electron chi connectivity index (χ0n) is 11.5. The number of thiazole rings is 1. The summed E-state index contributed by atoms with van der Waals surface area (Å²) in [6, 6.07) is 0.404. The molecule has 1 heterocycles. The van der Waals surface area contributed by atoms with Crippen molar-refractivity contribution in [1.82, 2.24) is 10.3 Å². The summed E-state index contributed by atoms with van der Waals surface area (Å²) in [5, 5.41) is 4.73. The Hall–Kier alpha value is -0.450. The third-order valence-corrected chi connectivity index (χ3v) is 4.15. The van der Waals surface area contributed by atoms with E-state index in [1.807, 2.05) is 11.3 Å². The van der Waals surface area contributed by atoms with Crippen LogP contribution >= 0.6 is 11.3 Å². The highest BCUT2D eigenvalue weighted by molar-refractivity contribution is 7.11. The van der Waals surface area contributed by atoms with Crippen LogP contribution in [-0.2, 0) is 4.74 Å². The lowest BCUT2D eigenvalue weighted by atomic mass is 9.96. The lowest BCUT2D eigenvalue weighted by molar-refractivity contribution is 0.171. The fourth-order valence-corrected chi connectivity index (χ4v) is 3.22. The largest absolute Gasteiger partial charge is 0.385 e. The van der Waals surface area contributed by atoms with Gasteiger partial charge in [-0.15, -0.1) is 11.3 Å². The minimum atomic E-state index is 0.404. The quantitative estimate of drug-likeness (QED) is 0.814. The average Bonchev–Trinajstić information content (AvgIpc) is 2.62. The molecule has 17 heavy (non-hydrogen) atoms. The highest BCUT2D eigenvalue weighted by Gasteiger charge is 2.22. The Bertz CT molecular complexity index is 338. The third-order valence-electron chi connectivity index (χ3n) is 2.99. The highest BCUT2D eigenvalue weighted by Crippen LogP contribution is 2.31. The van der Waals surface area contributed by atoms with Gasteiger partial charge in [0.05, 0.1) is 10.7 Å². The van der Waals surface area contributed by atoms with Crippen molar-refractivity contribution >= 4 is 11.3 Å². The van der Waals surface area contributed by atoms with E-state index < -0.39 is 0 Å². The Balaban J connectivity index is 2.80. The summed E-state index contributed by atoms with van der Waals surface area (Å²) in [6.45, 7) is 10.4. The number of ether oxygens (including phenoxy) is 1. The molecule has 4 heteroatoms. The molecule has 0 aliphatic rings. The van der Waals surface area contributed by atoms with E-state index >= 15 is 0 Å². The SMILES string of the molecule is CCNC(c1sc(C)nc1C)C(C)CCOC. The maximum atomic E-state index is 5.17. The van der Waals surface area contributed by atoms with E-state index in [0.717, 1.165) is 24.6 Å². The molecule has 0 saturated heterocycles. The van der Waals surface area contributed by atoms with Crippen molar-refractivity contribution in [3.8, 4) is 0 Å². The molecular formula is C13H24N2OS. The van der Waals surface area contributed by atoms with Gasteiger partial charge in [0.25, 0.3) is 0 Å². The van der Waals surface area contributed by atoms with Crippen LogP contribution in [0.1, 0.15) is 41.9 Å². The predicted octanol–water partition coefficient (Wildman–Crippen LogP) is 3.08. The first kappa shape index (κ1) is 14.6. The summed E-state index contributed by atoms with van der Waals surface area (Å²) in [7, 11) is 1.76. The molecule has 1 aromatic rings. The van der Waals surface area contributed by atoms with Crippen LogP contribution in [0.3, 0.4) is 0 Å². The van der Waals surface area contributed by atoms with Crippen molar-refractivity contribution in [3.05, 3.63) is 15.6 Å². The smallest absolute Gasteiger partial charge is 0.0900 e. The van der Waals surface area contributed by atoms with Gasteiger partial charge in [0.15, 0.2) is 0 Å². The van der Waals surface area contributed by atoms with Crippen LogP contribution < -0.4 is 5.32 Å². The molecule has 98 valence electrons. The number of aromatic nitrogens is 1. The summed E-state index contributed by atoms with van der Waals surface area (Å²) >= 11 is 1.81. The Morgan fingerprint density at radius 1 is 1.41 bits per heavy atom. The molecule has 0 spiro atoms. The summed E-state index contributed by atoms with van der Waals surface area (Å²) < 4.78 is 5.17. The van der Waals surface area contributed by atoms with E-state index in [0.29, 0.717) is 12.0 Å². The maximum Gasteiger partial charge on any atom is 0.0900 e. The van der Waals surface area contributed by atoms with Crippen LogP contribution in [0.2, 0.25) is 0 Å². The molecule has 0 radical (unpaired) electrons. The number of nitrogens with zero attached hydrogens (tertiary/aromatic N) is 1. The Morgan fingerprint density at radius 3 is 2.59 bits per heavy atom. The van der Waals surface area contributed by atoms with Crippen molar-refractivity contribution in [1.29, 1.82) is 0 Å². The fraction of sp³-hybridized carbons (Fsp3) is 0.769. The molecular weight excluding hydrogens is 232 g/mol. The van der Waals surface area contributed by atoms with Gasteiger partial charge >= 0.3 is 0 Å². The third kappa shape index (κ3) is 4.05. The molecule has 0 aliphatic carbocycles. The zero-order valence-corrected chi connectivity index (χ0v) is 12.4. The normalized spacial score (nSPS) is 14.9. The van der Waals surface area contributed by atoms with Gasteiger partial charge < -0.3 is 10.1 Å². The summed E-state index contributed by atoms with van der Waals surface area (Å²) in [5.41, 5.74) is 1.17. The van der Waals surface area contributed by atoms with E-state index in [1.54, 1.807) is 7.11 Å². The molecule has 0 aliphatic heterocycles. The van der Waals surface area contributed by atoms with Crippen molar-refractivity contribution in [3.63, 3.8) is 0 Å². The number of hydrogen-bond acceptors (Lipinski definition) is 4. The van der Waals surface area contributed by atoms with Crippen LogP contribution in [0.4, 0.5) is 0 Å². The molecule has 0 amide bonds. The van der Waals surface area contributed by atoms with Gasteiger partial charge in [0, 0.05) is 24.6 Å². The molecule has 1 N–H and O–H groups in total. The molecule has 2 atom stereocenters. The maximum absolute atomic E-state index is 5.17. The number of rotatable bonds is 7. The molecule has 0 bridgehead atoms. The van der Waals surface area contributed by atoms with Gasteiger partial charge in [-0.3, -0.25) is 0 Å². The van der Waals surface area contributed by atoms with Crippen LogP contribution in [-0.4, -0.2) is 25.2 Å². The van der Waals surface area contributed by atoms with E-state index in [4.69, 9.17) is 4.74 Å². The molecule has 1 aromatic heterocycles. The fourth-order valence-electron chi connectivity index (χ4n) is 2.08. The number of nitrogens with one attached hydrogen (secondary N) is 1. The summed E-state index contributed by atoms with van der Waals surface area (Å²) in [5.74, 6) is 0.563. The number of methoxy groups -OCH3 is 1. The highest BCUT2D eigenvalue weighted by atomic mass is 32.1. The van der Waals surface area contributed by atoms with Crippen molar-refractivity contribution < 1.29 is 4.74 Å². The van der Waals surface area contributed by atoms with Crippen LogP contribution in [0.5, 0.6) is 0 Å². The first-order valence-electron chi connectivity index (χ1n) is 6.26. The van der Waals surface area contributed by atoms with Crippen molar-refractivity contribution in [2.45, 2.75) is 40.2 Å². The molecule has 0 aromatic carbocycles. The standard InChI is InChI=1S/C13H24N2OS/c1-6-14-12(9(2)7-8-16-5)13-10(3)15-11(4)17-13/h9,12,14H,6-8H2,1-5H3. The molecule has 2 unspecified atom stereocenters. The van der Waals surface area contributed by atoms with Crippen molar-refractivity contribution in [2.75, 3.05) is 20.3 Å². The molecule has 1 rings (SSSR count). The predicted molar refractivity (Wildman–Crippen MR) is 73.7 cm³/mol. The first-order valence-corrected chi connectivity index (χ1v) is 7.08. The van der Waals surface area contributed by atoms with E-state index in [-0.39, 0.29) is 0 Å². The van der Waals surface area contributed by atoms with Gasteiger partial charge in [-0.1, -0.05) is 13.8 Å². The lowest BCUT2D eigenvalue weighted by Gasteiger charge is -2.24. The average molecular weight is 256 g/mol. The molecule has 3 nitrogen and oxygen atoms in total. The minimum Gasteiger partial charge on any atom is -0.385 e. The molecule has 0 saturated carbocycles. The second-order valence-corrected chi connectivity index (χ2v) is 5.71. The second kappa shape index (κ2) is 7.09. The van der Waals surface area contributed by atoms with Gasteiger partial charge in [0.1, 0.15) is 0 Å². The topological polar surface area (TPSA) is 34.2 Å². The Labute approximate surface area is 109 Å². The van der Waals surface area contributed by atoms with Gasteiger partial charge in [-0.2, -0.15) is 0 Å². The van der Waals surface area contributed by atoms with E-state index in [2.05, 4.69) is 38.0 Å². The monoisotopic (exact) mass is 256 g/mol. The second-order valence-electron chi connectivity index (χ2n) is 4.48. The van der Waals surface area contributed by atoms with Gasteiger partial charge in [-0.25, -0.2) is 4.98 Å². The van der Waals surface area contributed by atoms with Crippen LogP contribution in [0.25, 0.3) is 0 Å². The lowest BCUT2D eigenvalue weighted by Crippen LogP contribution is -2.27. The zero-order chi connectivity index (χ0) is 12.8. The Morgan fingerprint density at radius 2 is 2.12 bits per heavy atom. The van der Waals surface area contributed by atoms with Crippen molar-refractivity contribution in [2.24, 2.45) is 5.92 Å². The number of aryl methyl sites for hydroxylation is 2. The summed E-state index contributed by atoms with van der Waals surface area (Å²) in [6.07, 6.45) is 1.07. The summed E-state index contributed by atoms with van der Waals surface area (Å²) in [4.78, 5) is 5.91. The van der Waals surface area contributed by atoms with Crippen LogP contribution in [0, 0.1) is 19.8 Å².